The molecule has 168 valence electrons. The number of thioether (sulfide) groups is 1. The average Bonchev–Trinajstić information content (AvgIpc) is 3.38. The van der Waals surface area contributed by atoms with Crippen molar-refractivity contribution in [1.82, 2.24) is 14.8 Å². The zero-order valence-electron chi connectivity index (χ0n) is 18.3. The predicted molar refractivity (Wildman–Crippen MR) is 139 cm³/mol. The Bertz CT molecular complexity index is 1290. The summed E-state index contributed by atoms with van der Waals surface area (Å²) in [4.78, 5) is 13.7. The third kappa shape index (κ3) is 5.21. The van der Waals surface area contributed by atoms with E-state index in [1.54, 1.807) is 23.5 Å². The molecule has 0 aliphatic heterocycles. The number of para-hydroxylation sites is 1. The Kier molecular flexibility index (Phi) is 7.33. The molecule has 0 aliphatic carbocycles. The molecule has 0 fully saturated rings. The molecular weight excluding hydrogens is 472 g/mol. The standard InChI is InChI=1S/C25H23ClN4OS2/c1-4-13-30-24(19-14-32-17(3)23(19)18-11-9-16(2)10-12-18)28-29-25(30)33-15-22(31)27-21-8-6-5-7-20(21)26/h4-12,14H,1,13,15H2,2-3H3,(H,27,31). The minimum Gasteiger partial charge on any atom is -0.324 e. The molecule has 0 saturated carbocycles. The van der Waals surface area contributed by atoms with Crippen molar-refractivity contribution in [2.45, 2.75) is 25.5 Å². The fraction of sp³-hybridized carbons (Fsp3) is 0.160. The maximum atomic E-state index is 12.5. The molecule has 0 saturated heterocycles. The van der Waals surface area contributed by atoms with E-state index in [0.717, 1.165) is 22.5 Å². The second kappa shape index (κ2) is 10.4. The van der Waals surface area contributed by atoms with Crippen LogP contribution in [0.5, 0.6) is 0 Å². The van der Waals surface area contributed by atoms with E-state index in [2.05, 4.69) is 65.6 Å². The molecule has 0 unspecified atom stereocenters. The first-order chi connectivity index (χ1) is 16.0. The zero-order chi connectivity index (χ0) is 23.4. The molecule has 2 aromatic heterocycles. The van der Waals surface area contributed by atoms with Crippen molar-refractivity contribution >= 4 is 46.3 Å². The van der Waals surface area contributed by atoms with Gasteiger partial charge in [-0.15, -0.1) is 28.1 Å². The number of halogens is 1. The molecule has 8 heteroatoms. The van der Waals surface area contributed by atoms with Crippen LogP contribution < -0.4 is 5.32 Å². The maximum absolute atomic E-state index is 12.5. The van der Waals surface area contributed by atoms with E-state index in [4.69, 9.17) is 11.6 Å². The number of hydrogen-bond acceptors (Lipinski definition) is 5. The second-order valence-electron chi connectivity index (χ2n) is 7.47. The average molecular weight is 495 g/mol. The van der Waals surface area contributed by atoms with Gasteiger partial charge in [-0.2, -0.15) is 0 Å². The predicted octanol–water partition coefficient (Wildman–Crippen LogP) is 6.86. The highest BCUT2D eigenvalue weighted by molar-refractivity contribution is 7.99. The van der Waals surface area contributed by atoms with Crippen molar-refractivity contribution in [3.8, 4) is 22.5 Å². The van der Waals surface area contributed by atoms with E-state index in [1.165, 1.54) is 22.2 Å². The molecule has 1 amide bonds. The lowest BCUT2D eigenvalue weighted by Crippen LogP contribution is -2.15. The Morgan fingerprint density at radius 1 is 1.18 bits per heavy atom. The van der Waals surface area contributed by atoms with Crippen molar-refractivity contribution in [2.75, 3.05) is 11.1 Å². The molecule has 2 aromatic carbocycles. The van der Waals surface area contributed by atoms with Gasteiger partial charge < -0.3 is 5.32 Å². The molecule has 0 aliphatic rings. The van der Waals surface area contributed by atoms with E-state index in [-0.39, 0.29) is 11.7 Å². The van der Waals surface area contributed by atoms with Crippen LogP contribution in [0, 0.1) is 13.8 Å². The number of rotatable bonds is 8. The second-order valence-corrected chi connectivity index (χ2v) is 9.90. The van der Waals surface area contributed by atoms with Crippen LogP contribution in [0.4, 0.5) is 5.69 Å². The van der Waals surface area contributed by atoms with Crippen LogP contribution in [0.25, 0.3) is 22.5 Å². The SMILES string of the molecule is C=CCn1c(SCC(=O)Nc2ccccc2Cl)nnc1-c1csc(C)c1-c1ccc(C)cc1. The maximum Gasteiger partial charge on any atom is 0.234 e. The minimum atomic E-state index is -0.158. The Balaban J connectivity index is 1.59. The molecule has 4 rings (SSSR count). The van der Waals surface area contributed by atoms with Gasteiger partial charge in [0.1, 0.15) is 0 Å². The highest BCUT2D eigenvalue weighted by atomic mass is 35.5. The number of amides is 1. The van der Waals surface area contributed by atoms with Crippen LogP contribution in [0.2, 0.25) is 5.02 Å². The summed E-state index contributed by atoms with van der Waals surface area (Å²) >= 11 is 9.17. The third-order valence-electron chi connectivity index (χ3n) is 5.06. The lowest BCUT2D eigenvalue weighted by molar-refractivity contribution is -0.113. The van der Waals surface area contributed by atoms with Crippen molar-refractivity contribution in [3.63, 3.8) is 0 Å². The number of anilines is 1. The molecule has 0 atom stereocenters. The van der Waals surface area contributed by atoms with Gasteiger partial charge in [-0.3, -0.25) is 9.36 Å². The smallest absolute Gasteiger partial charge is 0.234 e. The van der Waals surface area contributed by atoms with Gasteiger partial charge in [-0.1, -0.05) is 71.4 Å². The van der Waals surface area contributed by atoms with Crippen molar-refractivity contribution in [2.24, 2.45) is 0 Å². The molecule has 0 spiro atoms. The van der Waals surface area contributed by atoms with E-state index >= 15 is 0 Å². The summed E-state index contributed by atoms with van der Waals surface area (Å²) in [7, 11) is 0. The number of carbonyl (C=O) groups is 1. The van der Waals surface area contributed by atoms with Gasteiger partial charge in [0.15, 0.2) is 11.0 Å². The van der Waals surface area contributed by atoms with Crippen LogP contribution in [0.15, 0.2) is 71.7 Å². The molecule has 2 heterocycles. The van der Waals surface area contributed by atoms with Gasteiger partial charge in [-0.25, -0.2) is 0 Å². The van der Waals surface area contributed by atoms with E-state index in [0.29, 0.717) is 22.4 Å². The van der Waals surface area contributed by atoms with Gasteiger partial charge in [0.05, 0.1) is 16.5 Å². The van der Waals surface area contributed by atoms with Crippen molar-refractivity contribution in [1.29, 1.82) is 0 Å². The topological polar surface area (TPSA) is 59.8 Å². The summed E-state index contributed by atoms with van der Waals surface area (Å²) in [6.07, 6.45) is 1.81. The Labute approximate surface area is 206 Å². The molecule has 33 heavy (non-hydrogen) atoms. The Morgan fingerprint density at radius 3 is 2.67 bits per heavy atom. The minimum absolute atomic E-state index is 0.158. The third-order valence-corrected chi connectivity index (χ3v) is 7.27. The summed E-state index contributed by atoms with van der Waals surface area (Å²) in [5.41, 5.74) is 5.15. The number of thiophene rings is 1. The van der Waals surface area contributed by atoms with Gasteiger partial charge in [-0.05, 0) is 31.5 Å². The summed E-state index contributed by atoms with van der Waals surface area (Å²) in [5.74, 6) is 0.798. The Hall–Kier alpha value is -2.87. The van der Waals surface area contributed by atoms with Crippen molar-refractivity contribution < 1.29 is 4.79 Å². The first kappa shape index (κ1) is 23.3. The number of allylic oxidation sites excluding steroid dienone is 1. The molecule has 4 aromatic rings. The van der Waals surface area contributed by atoms with Crippen LogP contribution in [0.1, 0.15) is 10.4 Å². The summed E-state index contributed by atoms with van der Waals surface area (Å²) < 4.78 is 2.00. The Morgan fingerprint density at radius 2 is 1.94 bits per heavy atom. The summed E-state index contributed by atoms with van der Waals surface area (Å²) in [5, 5.41) is 15.0. The van der Waals surface area contributed by atoms with E-state index in [9.17, 15) is 4.79 Å². The zero-order valence-corrected chi connectivity index (χ0v) is 20.7. The largest absolute Gasteiger partial charge is 0.324 e. The van der Waals surface area contributed by atoms with E-state index < -0.39 is 0 Å². The fourth-order valence-corrected chi connectivity index (χ4v) is 5.26. The van der Waals surface area contributed by atoms with Gasteiger partial charge in [0.25, 0.3) is 0 Å². The summed E-state index contributed by atoms with van der Waals surface area (Å²) in [6, 6.07) is 15.7. The number of aromatic nitrogens is 3. The van der Waals surface area contributed by atoms with Crippen LogP contribution in [-0.2, 0) is 11.3 Å². The fourth-order valence-electron chi connectivity index (χ4n) is 3.47. The molecule has 0 radical (unpaired) electrons. The number of aryl methyl sites for hydroxylation is 2. The lowest BCUT2D eigenvalue weighted by Gasteiger charge is -2.10. The first-order valence-electron chi connectivity index (χ1n) is 10.3. The number of nitrogens with zero attached hydrogens (tertiary/aromatic N) is 3. The molecule has 5 nitrogen and oxygen atoms in total. The molecular formula is C25H23ClN4OS2. The van der Waals surface area contributed by atoms with E-state index in [1.807, 2.05) is 22.8 Å². The van der Waals surface area contributed by atoms with Gasteiger partial charge in [0.2, 0.25) is 5.91 Å². The quantitative estimate of drug-likeness (QED) is 0.215. The lowest BCUT2D eigenvalue weighted by atomic mass is 10.0. The number of hydrogen-bond donors (Lipinski definition) is 1. The van der Waals surface area contributed by atoms with Gasteiger partial charge in [0, 0.05) is 27.9 Å². The first-order valence-corrected chi connectivity index (χ1v) is 12.6. The van der Waals surface area contributed by atoms with Crippen molar-refractivity contribution in [3.05, 3.63) is 82.0 Å². The molecule has 1 N–H and O–H groups in total. The number of carbonyl (C=O) groups excluding carboxylic acids is 1. The van der Waals surface area contributed by atoms with Gasteiger partial charge >= 0.3 is 0 Å². The molecule has 0 bridgehead atoms. The van der Waals surface area contributed by atoms with Crippen LogP contribution in [-0.4, -0.2) is 26.4 Å². The highest BCUT2D eigenvalue weighted by Crippen LogP contribution is 2.39. The number of benzene rings is 2. The monoisotopic (exact) mass is 494 g/mol. The highest BCUT2D eigenvalue weighted by Gasteiger charge is 2.20. The number of nitrogens with one attached hydrogen (secondary N) is 1. The summed E-state index contributed by atoms with van der Waals surface area (Å²) in [6.45, 7) is 8.63. The van der Waals surface area contributed by atoms with Crippen LogP contribution >= 0.6 is 34.7 Å². The normalized spacial score (nSPS) is 10.9. The van der Waals surface area contributed by atoms with Crippen LogP contribution in [0.3, 0.4) is 0 Å².